The third-order valence-corrected chi connectivity index (χ3v) is 4.16. The zero-order chi connectivity index (χ0) is 18.1. The van der Waals surface area contributed by atoms with Crippen molar-refractivity contribution in [3.05, 3.63) is 65.7 Å². The lowest BCUT2D eigenvalue weighted by Gasteiger charge is -2.24. The van der Waals surface area contributed by atoms with Crippen LogP contribution in [0.2, 0.25) is 0 Å². The fraction of sp³-hybridized carbons (Fsp3) is 0.350. The number of carbonyl (C=O) groups is 1. The lowest BCUT2D eigenvalue weighted by Crippen LogP contribution is -2.44. The van der Waals surface area contributed by atoms with Crippen LogP contribution >= 0.6 is 0 Å². The van der Waals surface area contributed by atoms with Gasteiger partial charge < -0.3 is 20.5 Å². The van der Waals surface area contributed by atoms with Gasteiger partial charge >= 0.3 is 6.03 Å². The molecule has 0 saturated heterocycles. The van der Waals surface area contributed by atoms with Gasteiger partial charge in [0.1, 0.15) is 5.75 Å². The second-order valence-corrected chi connectivity index (χ2v) is 5.82. The summed E-state index contributed by atoms with van der Waals surface area (Å²) in [6, 6.07) is 16.8. The molecule has 134 valence electrons. The van der Waals surface area contributed by atoms with Crippen LogP contribution in [0.25, 0.3) is 0 Å². The SMILES string of the molecule is CCC(CCO)NC(=O)NC(c1ccccc1)c1ccccc1OC. The van der Waals surface area contributed by atoms with Crippen LogP contribution in [0.3, 0.4) is 0 Å². The molecule has 0 heterocycles. The number of nitrogens with one attached hydrogen (secondary N) is 2. The number of hydrogen-bond donors (Lipinski definition) is 3. The summed E-state index contributed by atoms with van der Waals surface area (Å²) in [6.07, 6.45) is 1.30. The molecule has 5 nitrogen and oxygen atoms in total. The summed E-state index contributed by atoms with van der Waals surface area (Å²) in [6.45, 7) is 2.03. The van der Waals surface area contributed by atoms with Gasteiger partial charge in [0.2, 0.25) is 0 Å². The van der Waals surface area contributed by atoms with E-state index in [4.69, 9.17) is 9.84 Å². The standard InChI is InChI=1S/C20H26N2O3/c1-3-16(13-14-23)21-20(24)22-19(15-9-5-4-6-10-15)17-11-7-8-12-18(17)25-2/h4-12,16,19,23H,3,13-14H2,1-2H3,(H2,21,22,24). The molecule has 25 heavy (non-hydrogen) atoms. The van der Waals surface area contributed by atoms with Gasteiger partial charge in [0.25, 0.3) is 0 Å². The van der Waals surface area contributed by atoms with Crippen LogP contribution in [0.5, 0.6) is 5.75 Å². The van der Waals surface area contributed by atoms with Crippen molar-refractivity contribution in [2.24, 2.45) is 0 Å². The van der Waals surface area contributed by atoms with E-state index in [0.29, 0.717) is 6.42 Å². The number of amides is 2. The van der Waals surface area contributed by atoms with Crippen LogP contribution in [0.4, 0.5) is 4.79 Å². The molecule has 0 bridgehead atoms. The molecule has 0 aliphatic rings. The van der Waals surface area contributed by atoms with Gasteiger partial charge in [-0.25, -0.2) is 4.79 Å². The van der Waals surface area contributed by atoms with E-state index in [9.17, 15) is 4.79 Å². The normalized spacial score (nSPS) is 12.9. The molecule has 3 N–H and O–H groups in total. The summed E-state index contributed by atoms with van der Waals surface area (Å²) in [7, 11) is 1.62. The van der Waals surface area contributed by atoms with E-state index in [2.05, 4.69) is 10.6 Å². The predicted molar refractivity (Wildman–Crippen MR) is 98.7 cm³/mol. The van der Waals surface area contributed by atoms with Crippen molar-refractivity contribution in [1.82, 2.24) is 10.6 Å². The number of benzene rings is 2. The second kappa shape index (κ2) is 9.69. The fourth-order valence-electron chi connectivity index (χ4n) is 2.78. The highest BCUT2D eigenvalue weighted by Crippen LogP contribution is 2.29. The number of urea groups is 1. The van der Waals surface area contributed by atoms with Gasteiger partial charge in [-0.2, -0.15) is 0 Å². The molecule has 2 aromatic carbocycles. The average Bonchev–Trinajstić information content (AvgIpc) is 2.66. The molecule has 0 aliphatic carbocycles. The largest absolute Gasteiger partial charge is 0.496 e. The van der Waals surface area contributed by atoms with Crippen LogP contribution in [0.15, 0.2) is 54.6 Å². The summed E-state index contributed by atoms with van der Waals surface area (Å²) in [5, 5.41) is 15.1. The highest BCUT2D eigenvalue weighted by Gasteiger charge is 2.21. The van der Waals surface area contributed by atoms with E-state index in [1.165, 1.54) is 0 Å². The van der Waals surface area contributed by atoms with E-state index in [-0.39, 0.29) is 24.7 Å². The highest BCUT2D eigenvalue weighted by molar-refractivity contribution is 5.75. The van der Waals surface area contributed by atoms with Gasteiger partial charge in [-0.15, -0.1) is 0 Å². The van der Waals surface area contributed by atoms with Gasteiger partial charge in [0.15, 0.2) is 0 Å². The summed E-state index contributed by atoms with van der Waals surface area (Å²) < 4.78 is 5.47. The van der Waals surface area contributed by atoms with Crippen LogP contribution in [-0.4, -0.2) is 30.9 Å². The van der Waals surface area contributed by atoms with Gasteiger partial charge in [-0.1, -0.05) is 55.5 Å². The van der Waals surface area contributed by atoms with E-state index in [0.717, 1.165) is 23.3 Å². The number of methoxy groups -OCH3 is 1. The van der Waals surface area contributed by atoms with Crippen molar-refractivity contribution in [2.75, 3.05) is 13.7 Å². The Labute approximate surface area is 149 Å². The molecule has 2 atom stereocenters. The van der Waals surface area contributed by atoms with Crippen molar-refractivity contribution < 1.29 is 14.6 Å². The minimum Gasteiger partial charge on any atom is -0.496 e. The molecule has 5 heteroatoms. The number of carbonyl (C=O) groups excluding carboxylic acids is 1. The van der Waals surface area contributed by atoms with Gasteiger partial charge in [0.05, 0.1) is 13.2 Å². The molecule has 2 aromatic rings. The number of para-hydroxylation sites is 1. The molecular weight excluding hydrogens is 316 g/mol. The Balaban J connectivity index is 2.25. The highest BCUT2D eigenvalue weighted by atomic mass is 16.5. The molecular formula is C20H26N2O3. The lowest BCUT2D eigenvalue weighted by atomic mass is 9.98. The molecule has 0 saturated carbocycles. The first-order valence-electron chi connectivity index (χ1n) is 8.55. The van der Waals surface area contributed by atoms with Crippen molar-refractivity contribution in [3.63, 3.8) is 0 Å². The summed E-state index contributed by atoms with van der Waals surface area (Å²) in [4.78, 5) is 12.5. The number of aliphatic hydroxyl groups excluding tert-OH is 1. The van der Waals surface area contributed by atoms with Gasteiger partial charge in [0, 0.05) is 18.2 Å². The maximum Gasteiger partial charge on any atom is 0.315 e. The zero-order valence-electron chi connectivity index (χ0n) is 14.7. The number of ether oxygens (including phenoxy) is 1. The Bertz CT molecular complexity index is 661. The van der Waals surface area contributed by atoms with E-state index < -0.39 is 0 Å². The maximum absolute atomic E-state index is 12.5. The van der Waals surface area contributed by atoms with Crippen LogP contribution in [0.1, 0.15) is 36.9 Å². The Hall–Kier alpha value is -2.53. The van der Waals surface area contributed by atoms with E-state index >= 15 is 0 Å². The Morgan fingerprint density at radius 2 is 1.76 bits per heavy atom. The monoisotopic (exact) mass is 342 g/mol. The minimum atomic E-state index is -0.330. The zero-order valence-corrected chi connectivity index (χ0v) is 14.7. The fourth-order valence-corrected chi connectivity index (χ4v) is 2.78. The molecule has 0 aliphatic heterocycles. The molecule has 2 rings (SSSR count). The second-order valence-electron chi connectivity index (χ2n) is 5.82. The lowest BCUT2D eigenvalue weighted by molar-refractivity contribution is 0.226. The Kier molecular flexibility index (Phi) is 7.29. The summed E-state index contributed by atoms with van der Waals surface area (Å²) >= 11 is 0. The van der Waals surface area contributed by atoms with Gasteiger partial charge in [-0.3, -0.25) is 0 Å². The first-order valence-corrected chi connectivity index (χ1v) is 8.55. The van der Waals surface area contributed by atoms with Crippen molar-refractivity contribution in [3.8, 4) is 5.75 Å². The Morgan fingerprint density at radius 3 is 2.40 bits per heavy atom. The quantitative estimate of drug-likeness (QED) is 0.690. The first-order chi connectivity index (χ1) is 12.2. The van der Waals surface area contributed by atoms with E-state index in [1.807, 2.05) is 61.5 Å². The van der Waals surface area contributed by atoms with Crippen LogP contribution < -0.4 is 15.4 Å². The molecule has 2 unspecified atom stereocenters. The molecule has 0 fully saturated rings. The first kappa shape index (κ1) is 18.8. The van der Waals surface area contributed by atoms with Crippen molar-refractivity contribution in [1.29, 1.82) is 0 Å². The minimum absolute atomic E-state index is 0.0490. The molecule has 0 aromatic heterocycles. The smallest absolute Gasteiger partial charge is 0.315 e. The molecule has 0 radical (unpaired) electrons. The summed E-state index contributed by atoms with van der Waals surface area (Å²) in [5.74, 6) is 0.721. The average molecular weight is 342 g/mol. The number of rotatable bonds is 8. The van der Waals surface area contributed by atoms with Crippen molar-refractivity contribution in [2.45, 2.75) is 31.8 Å². The number of aliphatic hydroxyl groups is 1. The van der Waals surface area contributed by atoms with E-state index in [1.54, 1.807) is 7.11 Å². The van der Waals surface area contributed by atoms with Crippen LogP contribution in [0, 0.1) is 0 Å². The molecule has 2 amide bonds. The Morgan fingerprint density at radius 1 is 1.08 bits per heavy atom. The van der Waals surface area contributed by atoms with Crippen LogP contribution in [-0.2, 0) is 0 Å². The number of hydrogen-bond acceptors (Lipinski definition) is 3. The third-order valence-electron chi connectivity index (χ3n) is 4.16. The third kappa shape index (κ3) is 5.22. The van der Waals surface area contributed by atoms with Gasteiger partial charge in [-0.05, 0) is 24.5 Å². The molecule has 0 spiro atoms. The van der Waals surface area contributed by atoms with Crippen molar-refractivity contribution >= 4 is 6.03 Å². The predicted octanol–water partition coefficient (Wildman–Crippen LogP) is 3.24. The topological polar surface area (TPSA) is 70.6 Å². The maximum atomic E-state index is 12.5. The summed E-state index contributed by atoms with van der Waals surface area (Å²) in [5.41, 5.74) is 1.86.